The van der Waals surface area contributed by atoms with Crippen molar-refractivity contribution in [2.75, 3.05) is 26.2 Å². The second-order valence-corrected chi connectivity index (χ2v) is 7.66. The number of thiophene rings is 1. The molecule has 4 nitrogen and oxygen atoms in total. The van der Waals surface area contributed by atoms with Crippen molar-refractivity contribution in [3.63, 3.8) is 0 Å². The van der Waals surface area contributed by atoms with Crippen LogP contribution in [0.15, 0.2) is 12.1 Å². The van der Waals surface area contributed by atoms with E-state index < -0.39 is 0 Å². The van der Waals surface area contributed by atoms with Crippen LogP contribution in [0.25, 0.3) is 0 Å². The summed E-state index contributed by atoms with van der Waals surface area (Å²) in [5.74, 6) is 0.207. The van der Waals surface area contributed by atoms with Crippen molar-refractivity contribution in [2.24, 2.45) is 0 Å². The highest BCUT2D eigenvalue weighted by Gasteiger charge is 2.23. The van der Waals surface area contributed by atoms with Crippen molar-refractivity contribution in [3.05, 3.63) is 21.9 Å². The molecule has 2 saturated heterocycles. The summed E-state index contributed by atoms with van der Waals surface area (Å²) in [7, 11) is 0. The Labute approximate surface area is 142 Å². The molecule has 2 aliphatic rings. The fourth-order valence-corrected chi connectivity index (χ4v) is 4.37. The predicted molar refractivity (Wildman–Crippen MR) is 93.1 cm³/mol. The van der Waals surface area contributed by atoms with Crippen LogP contribution in [-0.4, -0.2) is 47.8 Å². The Morgan fingerprint density at radius 1 is 0.652 bits per heavy atom. The van der Waals surface area contributed by atoms with E-state index in [1.165, 1.54) is 37.0 Å². The smallest absolute Gasteiger partial charge is 0.263 e. The van der Waals surface area contributed by atoms with Crippen LogP contribution >= 0.6 is 11.3 Å². The van der Waals surface area contributed by atoms with Crippen LogP contribution in [0.3, 0.4) is 0 Å². The molecule has 0 unspecified atom stereocenters. The Kier molecular flexibility index (Phi) is 5.70. The van der Waals surface area contributed by atoms with Gasteiger partial charge in [-0.25, -0.2) is 0 Å². The highest BCUT2D eigenvalue weighted by Crippen LogP contribution is 2.23. The van der Waals surface area contributed by atoms with Gasteiger partial charge in [-0.3, -0.25) is 9.59 Å². The third-order valence-electron chi connectivity index (χ3n) is 4.81. The second-order valence-electron chi connectivity index (χ2n) is 6.58. The zero-order chi connectivity index (χ0) is 16.1. The summed E-state index contributed by atoms with van der Waals surface area (Å²) < 4.78 is 0. The van der Waals surface area contributed by atoms with Gasteiger partial charge >= 0.3 is 0 Å². The number of carbonyl (C=O) groups is 2. The molecule has 0 radical (unpaired) electrons. The summed E-state index contributed by atoms with van der Waals surface area (Å²) in [5.41, 5.74) is 0. The minimum absolute atomic E-state index is 0.104. The number of hydrogen-bond acceptors (Lipinski definition) is 3. The third kappa shape index (κ3) is 4.14. The molecule has 3 rings (SSSR count). The average molecular weight is 334 g/mol. The van der Waals surface area contributed by atoms with E-state index in [1.807, 2.05) is 21.9 Å². The average Bonchev–Trinajstić information content (AvgIpc) is 2.78. The largest absolute Gasteiger partial charge is 0.338 e. The van der Waals surface area contributed by atoms with Gasteiger partial charge in [0.1, 0.15) is 0 Å². The summed E-state index contributed by atoms with van der Waals surface area (Å²) in [6.07, 6.45) is 9.24. The Bertz CT molecular complexity index is 492. The highest BCUT2D eigenvalue weighted by atomic mass is 32.1. The first-order chi connectivity index (χ1) is 11.3. The van der Waals surface area contributed by atoms with Gasteiger partial charge in [0, 0.05) is 26.2 Å². The fourth-order valence-electron chi connectivity index (χ4n) is 3.43. The Morgan fingerprint density at radius 3 is 1.35 bits per heavy atom. The molecule has 0 aliphatic carbocycles. The van der Waals surface area contributed by atoms with Gasteiger partial charge in [0.05, 0.1) is 9.75 Å². The molecule has 2 fully saturated rings. The molecule has 0 saturated carbocycles. The van der Waals surface area contributed by atoms with Gasteiger partial charge in [0.15, 0.2) is 0 Å². The monoisotopic (exact) mass is 334 g/mol. The molecule has 5 heteroatoms. The van der Waals surface area contributed by atoms with E-state index in [9.17, 15) is 9.59 Å². The molecular weight excluding hydrogens is 308 g/mol. The fraction of sp³-hybridized carbons (Fsp3) is 0.667. The van der Waals surface area contributed by atoms with Crippen molar-refractivity contribution >= 4 is 23.2 Å². The molecule has 0 N–H and O–H groups in total. The SMILES string of the molecule is O=C(c1ccc(C(=O)N2CCCCCC2)s1)N1CCCCCC1. The molecule has 3 heterocycles. The predicted octanol–water partition coefficient (Wildman–Crippen LogP) is 3.78. The lowest BCUT2D eigenvalue weighted by Gasteiger charge is -2.20. The minimum Gasteiger partial charge on any atom is -0.338 e. The van der Waals surface area contributed by atoms with Crippen LogP contribution in [0.5, 0.6) is 0 Å². The summed E-state index contributed by atoms with van der Waals surface area (Å²) >= 11 is 1.37. The Hall–Kier alpha value is -1.36. The van der Waals surface area contributed by atoms with Gasteiger partial charge in [-0.2, -0.15) is 0 Å². The van der Waals surface area contributed by atoms with Crippen molar-refractivity contribution in [3.8, 4) is 0 Å². The van der Waals surface area contributed by atoms with Gasteiger partial charge in [0.25, 0.3) is 11.8 Å². The molecule has 23 heavy (non-hydrogen) atoms. The van der Waals surface area contributed by atoms with Crippen LogP contribution in [-0.2, 0) is 0 Å². The van der Waals surface area contributed by atoms with Gasteiger partial charge in [-0.15, -0.1) is 11.3 Å². The summed E-state index contributed by atoms with van der Waals surface area (Å²) in [6, 6.07) is 3.67. The summed E-state index contributed by atoms with van der Waals surface area (Å²) in [4.78, 5) is 30.6. The molecule has 126 valence electrons. The third-order valence-corrected chi connectivity index (χ3v) is 5.88. The topological polar surface area (TPSA) is 40.6 Å². The van der Waals surface area contributed by atoms with Crippen LogP contribution < -0.4 is 0 Å². The molecule has 1 aromatic rings. The van der Waals surface area contributed by atoms with E-state index >= 15 is 0 Å². The molecule has 2 amide bonds. The van der Waals surface area contributed by atoms with Crippen LogP contribution in [0.2, 0.25) is 0 Å². The minimum atomic E-state index is 0.104. The normalized spacial score (nSPS) is 20.0. The molecule has 0 atom stereocenters. The van der Waals surface area contributed by atoms with E-state index in [0.717, 1.165) is 51.9 Å². The lowest BCUT2D eigenvalue weighted by Crippen LogP contribution is -2.31. The lowest BCUT2D eigenvalue weighted by atomic mass is 10.2. The maximum absolute atomic E-state index is 12.6. The van der Waals surface area contributed by atoms with Gasteiger partial charge in [-0.05, 0) is 37.8 Å². The Morgan fingerprint density at radius 2 is 1.00 bits per heavy atom. The summed E-state index contributed by atoms with van der Waals surface area (Å²) in [6.45, 7) is 3.41. The first kappa shape index (κ1) is 16.5. The van der Waals surface area contributed by atoms with Crippen molar-refractivity contribution in [1.82, 2.24) is 9.80 Å². The molecular formula is C18H26N2O2S. The van der Waals surface area contributed by atoms with E-state index in [-0.39, 0.29) is 11.8 Å². The van der Waals surface area contributed by atoms with Gasteiger partial charge in [-0.1, -0.05) is 25.7 Å². The van der Waals surface area contributed by atoms with Crippen molar-refractivity contribution in [1.29, 1.82) is 0 Å². The quantitative estimate of drug-likeness (QED) is 0.826. The van der Waals surface area contributed by atoms with Crippen molar-refractivity contribution in [2.45, 2.75) is 51.4 Å². The van der Waals surface area contributed by atoms with E-state index in [4.69, 9.17) is 0 Å². The maximum atomic E-state index is 12.6. The number of rotatable bonds is 2. The Balaban J connectivity index is 1.66. The zero-order valence-corrected chi connectivity index (χ0v) is 14.6. The van der Waals surface area contributed by atoms with Gasteiger partial charge < -0.3 is 9.80 Å². The van der Waals surface area contributed by atoms with Crippen LogP contribution in [0, 0.1) is 0 Å². The van der Waals surface area contributed by atoms with Crippen LogP contribution in [0.4, 0.5) is 0 Å². The molecule has 0 spiro atoms. The van der Waals surface area contributed by atoms with Crippen molar-refractivity contribution < 1.29 is 9.59 Å². The van der Waals surface area contributed by atoms with E-state index in [1.54, 1.807) is 0 Å². The summed E-state index contributed by atoms with van der Waals surface area (Å²) in [5, 5.41) is 0. The highest BCUT2D eigenvalue weighted by molar-refractivity contribution is 7.15. The lowest BCUT2D eigenvalue weighted by molar-refractivity contribution is 0.0760. The van der Waals surface area contributed by atoms with E-state index in [0.29, 0.717) is 9.75 Å². The number of likely N-dealkylation sites (tertiary alicyclic amines) is 2. The number of nitrogens with zero attached hydrogens (tertiary/aromatic N) is 2. The maximum Gasteiger partial charge on any atom is 0.263 e. The molecule has 1 aromatic heterocycles. The van der Waals surface area contributed by atoms with E-state index in [2.05, 4.69) is 0 Å². The van der Waals surface area contributed by atoms with Gasteiger partial charge in [0.2, 0.25) is 0 Å². The zero-order valence-electron chi connectivity index (χ0n) is 13.8. The molecule has 0 aromatic carbocycles. The van der Waals surface area contributed by atoms with Crippen LogP contribution in [0.1, 0.15) is 70.7 Å². The number of hydrogen-bond donors (Lipinski definition) is 0. The second kappa shape index (κ2) is 7.95. The number of carbonyl (C=O) groups excluding carboxylic acids is 2. The number of amides is 2. The standard InChI is InChI=1S/C18H26N2O2S/c21-17(19-11-5-1-2-6-12-19)15-9-10-16(23-15)18(22)20-13-7-3-4-8-14-20/h9-10H,1-8,11-14H2. The first-order valence-corrected chi connectivity index (χ1v) is 9.76. The first-order valence-electron chi connectivity index (χ1n) is 8.94. The molecule has 2 aliphatic heterocycles. The molecule has 0 bridgehead atoms.